The summed E-state index contributed by atoms with van der Waals surface area (Å²) in [4.78, 5) is 17.1. The molecule has 0 bridgehead atoms. The number of hydrogen-bond donors (Lipinski definition) is 1. The third kappa shape index (κ3) is 4.49. The number of rotatable bonds is 6. The minimum absolute atomic E-state index is 0.0560. The topological polar surface area (TPSA) is 63.3 Å². The van der Waals surface area contributed by atoms with Crippen LogP contribution in [0.3, 0.4) is 0 Å². The van der Waals surface area contributed by atoms with E-state index < -0.39 is 0 Å². The molecule has 0 aromatic heterocycles. The van der Waals surface area contributed by atoms with E-state index in [1.54, 1.807) is 18.2 Å². The van der Waals surface area contributed by atoms with E-state index in [0.29, 0.717) is 23.7 Å². The number of nitrogens with zero attached hydrogens (tertiary/aromatic N) is 2. The van der Waals surface area contributed by atoms with E-state index in [4.69, 9.17) is 14.2 Å². The zero-order valence-electron chi connectivity index (χ0n) is 17.2. The number of methoxy groups -OCH3 is 1. The number of carbonyl (C=O) groups is 1. The number of benzene rings is 2. The summed E-state index contributed by atoms with van der Waals surface area (Å²) < 4.78 is 29.5. The van der Waals surface area contributed by atoms with E-state index in [0.717, 1.165) is 31.7 Å². The highest BCUT2D eigenvalue weighted by atomic mass is 19.1. The fourth-order valence-electron chi connectivity index (χ4n) is 3.76. The number of amides is 1. The number of nitrogens with one attached hydrogen (secondary N) is 1. The Morgan fingerprint density at radius 2 is 1.90 bits per heavy atom. The Kier molecular flexibility index (Phi) is 6.06. The van der Waals surface area contributed by atoms with Gasteiger partial charge in [0.1, 0.15) is 0 Å². The zero-order valence-corrected chi connectivity index (χ0v) is 17.2. The van der Waals surface area contributed by atoms with E-state index >= 15 is 0 Å². The largest absolute Gasteiger partial charge is 0.494 e. The Morgan fingerprint density at radius 3 is 2.63 bits per heavy atom. The van der Waals surface area contributed by atoms with Gasteiger partial charge in [0.2, 0.25) is 12.7 Å². The molecule has 0 spiro atoms. The molecule has 2 aliphatic rings. The third-order valence-corrected chi connectivity index (χ3v) is 5.60. The lowest BCUT2D eigenvalue weighted by Gasteiger charge is -2.37. The first-order valence-electron chi connectivity index (χ1n) is 10.0. The summed E-state index contributed by atoms with van der Waals surface area (Å²) in [6.45, 7) is 5.97. The Bertz CT molecular complexity index is 915. The van der Waals surface area contributed by atoms with Gasteiger partial charge in [-0.3, -0.25) is 14.6 Å². The van der Waals surface area contributed by atoms with Gasteiger partial charge in [-0.15, -0.1) is 0 Å². The Balaban J connectivity index is 1.28. The van der Waals surface area contributed by atoms with Crippen LogP contribution in [0.15, 0.2) is 36.4 Å². The second-order valence-corrected chi connectivity index (χ2v) is 7.51. The van der Waals surface area contributed by atoms with Crippen molar-refractivity contribution in [2.45, 2.75) is 19.5 Å². The molecule has 2 heterocycles. The molecule has 2 aromatic carbocycles. The standard InChI is InChI=1S/C22H26FN3O4/c1-15(22(27)24-17-4-6-20-21(12-17)30-14-29-20)26-9-7-25(8-10-26)13-16-3-5-19(28-2)18(23)11-16/h3-6,11-12,15H,7-10,13-14H2,1-2H3,(H,24,27). The van der Waals surface area contributed by atoms with E-state index in [1.165, 1.54) is 13.2 Å². The molecule has 8 heteroatoms. The van der Waals surface area contributed by atoms with Crippen molar-refractivity contribution in [3.8, 4) is 17.2 Å². The van der Waals surface area contributed by atoms with Crippen LogP contribution in [-0.2, 0) is 11.3 Å². The van der Waals surface area contributed by atoms with E-state index in [2.05, 4.69) is 15.1 Å². The lowest BCUT2D eigenvalue weighted by Crippen LogP contribution is -2.52. The number of anilines is 1. The normalized spacial score (nSPS) is 17.6. The van der Waals surface area contributed by atoms with Gasteiger partial charge >= 0.3 is 0 Å². The Hall–Kier alpha value is -2.84. The maximum absolute atomic E-state index is 13.9. The van der Waals surface area contributed by atoms with Gasteiger partial charge in [0.25, 0.3) is 0 Å². The average molecular weight is 415 g/mol. The van der Waals surface area contributed by atoms with Gasteiger partial charge < -0.3 is 19.5 Å². The molecule has 0 aliphatic carbocycles. The molecule has 0 saturated carbocycles. The van der Waals surface area contributed by atoms with Gasteiger partial charge in [0, 0.05) is 44.5 Å². The highest BCUT2D eigenvalue weighted by Crippen LogP contribution is 2.34. The fourth-order valence-corrected chi connectivity index (χ4v) is 3.76. The summed E-state index contributed by atoms with van der Waals surface area (Å²) in [6, 6.07) is 10.2. The van der Waals surface area contributed by atoms with Crippen LogP contribution in [-0.4, -0.2) is 61.8 Å². The summed E-state index contributed by atoms with van der Waals surface area (Å²) in [7, 11) is 1.46. The molecule has 1 atom stereocenters. The lowest BCUT2D eigenvalue weighted by atomic mass is 10.1. The quantitative estimate of drug-likeness (QED) is 0.783. The lowest BCUT2D eigenvalue weighted by molar-refractivity contribution is -0.121. The van der Waals surface area contributed by atoms with Crippen LogP contribution >= 0.6 is 0 Å². The monoisotopic (exact) mass is 415 g/mol. The molecule has 0 radical (unpaired) electrons. The molecule has 1 saturated heterocycles. The summed E-state index contributed by atoms with van der Waals surface area (Å²) in [5.41, 5.74) is 1.60. The molecule has 1 N–H and O–H groups in total. The minimum atomic E-state index is -0.345. The van der Waals surface area contributed by atoms with Crippen molar-refractivity contribution in [2.75, 3.05) is 45.4 Å². The molecule has 4 rings (SSSR count). The number of carbonyl (C=O) groups excluding carboxylic acids is 1. The number of ether oxygens (including phenoxy) is 3. The smallest absolute Gasteiger partial charge is 0.241 e. The van der Waals surface area contributed by atoms with Gasteiger partial charge in [-0.05, 0) is 36.8 Å². The molecule has 7 nitrogen and oxygen atoms in total. The molecule has 160 valence electrons. The minimum Gasteiger partial charge on any atom is -0.494 e. The van der Waals surface area contributed by atoms with Gasteiger partial charge in [0.05, 0.1) is 13.2 Å². The highest BCUT2D eigenvalue weighted by molar-refractivity contribution is 5.94. The molecule has 1 amide bonds. The average Bonchev–Trinajstić information content (AvgIpc) is 3.22. The van der Waals surface area contributed by atoms with Crippen LogP contribution in [0.25, 0.3) is 0 Å². The number of hydrogen-bond acceptors (Lipinski definition) is 6. The Morgan fingerprint density at radius 1 is 1.13 bits per heavy atom. The highest BCUT2D eigenvalue weighted by Gasteiger charge is 2.26. The van der Waals surface area contributed by atoms with Crippen LogP contribution in [0.2, 0.25) is 0 Å². The third-order valence-electron chi connectivity index (χ3n) is 5.60. The first-order chi connectivity index (χ1) is 14.5. The van der Waals surface area contributed by atoms with Gasteiger partial charge in [0.15, 0.2) is 23.1 Å². The van der Waals surface area contributed by atoms with Crippen molar-refractivity contribution in [2.24, 2.45) is 0 Å². The van der Waals surface area contributed by atoms with Gasteiger partial charge in [-0.2, -0.15) is 0 Å². The number of piperazine rings is 1. The van der Waals surface area contributed by atoms with Crippen molar-refractivity contribution in [3.63, 3.8) is 0 Å². The van der Waals surface area contributed by atoms with Crippen molar-refractivity contribution in [3.05, 3.63) is 47.8 Å². The van der Waals surface area contributed by atoms with Crippen molar-refractivity contribution >= 4 is 11.6 Å². The molecule has 30 heavy (non-hydrogen) atoms. The van der Waals surface area contributed by atoms with Crippen molar-refractivity contribution in [1.29, 1.82) is 0 Å². The number of halogens is 1. The molecule has 1 fully saturated rings. The molecule has 1 unspecified atom stereocenters. The van der Waals surface area contributed by atoms with Crippen LogP contribution in [0.4, 0.5) is 10.1 Å². The predicted molar refractivity (Wildman–Crippen MR) is 110 cm³/mol. The van der Waals surface area contributed by atoms with Crippen LogP contribution < -0.4 is 19.5 Å². The van der Waals surface area contributed by atoms with Gasteiger partial charge in [-0.1, -0.05) is 6.07 Å². The number of fused-ring (bicyclic) bond motifs is 1. The predicted octanol–water partition coefficient (Wildman–Crippen LogP) is 2.71. The van der Waals surface area contributed by atoms with Crippen LogP contribution in [0.1, 0.15) is 12.5 Å². The maximum atomic E-state index is 13.9. The fraction of sp³-hybridized carbons (Fsp3) is 0.409. The summed E-state index contributed by atoms with van der Waals surface area (Å²) in [6.07, 6.45) is 0. The van der Waals surface area contributed by atoms with Crippen LogP contribution in [0.5, 0.6) is 17.2 Å². The first kappa shape index (κ1) is 20.4. The van der Waals surface area contributed by atoms with E-state index in [1.807, 2.05) is 19.1 Å². The van der Waals surface area contributed by atoms with E-state index in [9.17, 15) is 9.18 Å². The molecular weight excluding hydrogens is 389 g/mol. The summed E-state index contributed by atoms with van der Waals surface area (Å²) in [5, 5.41) is 2.95. The van der Waals surface area contributed by atoms with Crippen molar-refractivity contribution in [1.82, 2.24) is 9.80 Å². The maximum Gasteiger partial charge on any atom is 0.241 e. The zero-order chi connectivity index (χ0) is 21.1. The molecule has 2 aliphatic heterocycles. The molecule has 2 aromatic rings. The SMILES string of the molecule is COc1ccc(CN2CCN(C(C)C(=O)Nc3ccc4c(c3)OCO4)CC2)cc1F. The van der Waals surface area contributed by atoms with Crippen molar-refractivity contribution < 1.29 is 23.4 Å². The first-order valence-corrected chi connectivity index (χ1v) is 10.0. The second kappa shape index (κ2) is 8.89. The van der Waals surface area contributed by atoms with E-state index in [-0.39, 0.29) is 30.3 Å². The molecular formula is C22H26FN3O4. The Labute approximate surface area is 175 Å². The second-order valence-electron chi connectivity index (χ2n) is 7.51. The van der Waals surface area contributed by atoms with Gasteiger partial charge in [-0.25, -0.2) is 4.39 Å². The van der Waals surface area contributed by atoms with Crippen LogP contribution in [0, 0.1) is 5.82 Å². The summed E-state index contributed by atoms with van der Waals surface area (Å²) in [5.74, 6) is 1.19. The summed E-state index contributed by atoms with van der Waals surface area (Å²) >= 11 is 0.